The first-order chi connectivity index (χ1) is 11.7. The fourth-order valence-corrected chi connectivity index (χ4v) is 3.34. The van der Waals surface area contributed by atoms with Crippen LogP contribution in [-0.4, -0.2) is 33.9 Å². The molecule has 1 aliphatic heterocycles. The Morgan fingerprint density at radius 1 is 1.33 bits per heavy atom. The Labute approximate surface area is 145 Å². The van der Waals surface area contributed by atoms with Gasteiger partial charge in [0.1, 0.15) is 5.82 Å². The van der Waals surface area contributed by atoms with Crippen molar-refractivity contribution in [1.82, 2.24) is 14.6 Å². The van der Waals surface area contributed by atoms with Crippen LogP contribution in [0.1, 0.15) is 18.5 Å². The van der Waals surface area contributed by atoms with E-state index in [1.807, 2.05) is 48.0 Å². The van der Waals surface area contributed by atoms with Gasteiger partial charge in [-0.3, -0.25) is 0 Å². The van der Waals surface area contributed by atoms with Gasteiger partial charge in [0.25, 0.3) is 0 Å². The van der Waals surface area contributed by atoms with Gasteiger partial charge in [0.05, 0.1) is 12.3 Å². The van der Waals surface area contributed by atoms with Crippen LogP contribution < -0.4 is 5.32 Å². The second-order valence-electron chi connectivity index (χ2n) is 6.07. The Bertz CT molecular complexity index is 871. The predicted molar refractivity (Wildman–Crippen MR) is 95.6 cm³/mol. The molecule has 0 saturated carbocycles. The van der Waals surface area contributed by atoms with Crippen molar-refractivity contribution in [2.75, 3.05) is 18.5 Å². The van der Waals surface area contributed by atoms with Crippen molar-refractivity contribution in [3.05, 3.63) is 47.2 Å². The molecule has 1 N–H and O–H groups in total. The van der Waals surface area contributed by atoms with E-state index in [0.29, 0.717) is 5.02 Å². The van der Waals surface area contributed by atoms with Crippen LogP contribution in [0.4, 0.5) is 5.82 Å². The number of benzene rings is 1. The lowest BCUT2D eigenvalue weighted by atomic mass is 10.1. The third kappa shape index (κ3) is 2.85. The number of fused-ring (bicyclic) bond motifs is 1. The highest BCUT2D eigenvalue weighted by Crippen LogP contribution is 2.31. The summed E-state index contributed by atoms with van der Waals surface area (Å²) in [5.41, 5.74) is 3.62. The summed E-state index contributed by atoms with van der Waals surface area (Å²) in [6, 6.07) is 9.77. The topological polar surface area (TPSA) is 51.5 Å². The molecule has 2 aromatic heterocycles. The number of hydrogen-bond donors (Lipinski definition) is 1. The Morgan fingerprint density at radius 3 is 3.00 bits per heavy atom. The third-order valence-electron chi connectivity index (χ3n) is 4.30. The van der Waals surface area contributed by atoms with Gasteiger partial charge in [-0.2, -0.15) is 9.61 Å². The highest BCUT2D eigenvalue weighted by Gasteiger charge is 2.17. The molecule has 3 aromatic rings. The molecule has 1 fully saturated rings. The molecule has 4 rings (SSSR count). The molecular weight excluding hydrogens is 324 g/mol. The largest absolute Gasteiger partial charge is 0.376 e. The quantitative estimate of drug-likeness (QED) is 0.780. The average Bonchev–Trinajstić information content (AvgIpc) is 3.22. The van der Waals surface area contributed by atoms with Gasteiger partial charge in [-0.25, -0.2) is 4.98 Å². The summed E-state index contributed by atoms with van der Waals surface area (Å²) in [6.45, 7) is 3.62. The van der Waals surface area contributed by atoms with E-state index >= 15 is 0 Å². The third-order valence-corrected chi connectivity index (χ3v) is 4.63. The van der Waals surface area contributed by atoms with Crippen molar-refractivity contribution in [3.63, 3.8) is 0 Å². The molecule has 3 heterocycles. The first-order valence-electron chi connectivity index (χ1n) is 8.18. The number of ether oxygens (including phenoxy) is 1. The minimum Gasteiger partial charge on any atom is -0.376 e. The van der Waals surface area contributed by atoms with Crippen LogP contribution in [0.2, 0.25) is 5.02 Å². The van der Waals surface area contributed by atoms with Gasteiger partial charge in [-0.05, 0) is 25.8 Å². The molecular formula is C18H19ClN4O. The lowest BCUT2D eigenvalue weighted by Gasteiger charge is -2.13. The van der Waals surface area contributed by atoms with Gasteiger partial charge in [-0.1, -0.05) is 29.8 Å². The summed E-state index contributed by atoms with van der Waals surface area (Å²) in [5.74, 6) is 0.923. The lowest BCUT2D eigenvalue weighted by molar-refractivity contribution is 0.120. The van der Waals surface area contributed by atoms with E-state index < -0.39 is 0 Å². The Morgan fingerprint density at radius 2 is 2.21 bits per heavy atom. The molecule has 0 radical (unpaired) electrons. The maximum atomic E-state index is 6.35. The summed E-state index contributed by atoms with van der Waals surface area (Å²) in [4.78, 5) is 4.66. The first kappa shape index (κ1) is 15.4. The minimum atomic E-state index is 0.270. The number of nitrogens with zero attached hydrogens (tertiary/aromatic N) is 3. The average molecular weight is 343 g/mol. The van der Waals surface area contributed by atoms with Crippen LogP contribution in [-0.2, 0) is 4.74 Å². The SMILES string of the molecule is Cc1cc(NC[C@@H]2CCCO2)n2ncc(-c3ccccc3Cl)c2n1. The Kier molecular flexibility index (Phi) is 4.12. The van der Waals surface area contributed by atoms with Crippen molar-refractivity contribution in [2.24, 2.45) is 0 Å². The number of aryl methyl sites for hydroxylation is 1. The fraction of sp³-hybridized carbons (Fsp3) is 0.333. The molecule has 0 aliphatic carbocycles. The number of nitrogens with one attached hydrogen (secondary N) is 1. The number of hydrogen-bond acceptors (Lipinski definition) is 4. The summed E-state index contributed by atoms with van der Waals surface area (Å²) in [6.07, 6.45) is 4.33. The maximum Gasteiger partial charge on any atom is 0.165 e. The van der Waals surface area contributed by atoms with Crippen LogP contribution in [0.15, 0.2) is 36.5 Å². The van der Waals surface area contributed by atoms with Crippen LogP contribution in [0.5, 0.6) is 0 Å². The van der Waals surface area contributed by atoms with E-state index in [1.54, 1.807) is 0 Å². The van der Waals surface area contributed by atoms with Crippen LogP contribution in [0.25, 0.3) is 16.8 Å². The zero-order valence-corrected chi connectivity index (χ0v) is 14.3. The maximum absolute atomic E-state index is 6.35. The molecule has 0 bridgehead atoms. The second kappa shape index (κ2) is 6.42. The highest BCUT2D eigenvalue weighted by atomic mass is 35.5. The van der Waals surface area contributed by atoms with E-state index in [1.165, 1.54) is 0 Å². The highest BCUT2D eigenvalue weighted by molar-refractivity contribution is 6.33. The van der Waals surface area contributed by atoms with Gasteiger partial charge >= 0.3 is 0 Å². The van der Waals surface area contributed by atoms with E-state index in [2.05, 4.69) is 15.4 Å². The molecule has 0 unspecified atom stereocenters. The Hall–Kier alpha value is -2.11. The molecule has 24 heavy (non-hydrogen) atoms. The van der Waals surface area contributed by atoms with E-state index in [9.17, 15) is 0 Å². The molecule has 0 amide bonds. The molecule has 0 spiro atoms. The molecule has 1 saturated heterocycles. The van der Waals surface area contributed by atoms with E-state index in [4.69, 9.17) is 16.3 Å². The summed E-state index contributed by atoms with van der Waals surface area (Å²) in [7, 11) is 0. The molecule has 1 aromatic carbocycles. The van der Waals surface area contributed by atoms with Crippen molar-refractivity contribution < 1.29 is 4.74 Å². The summed E-state index contributed by atoms with van der Waals surface area (Å²) >= 11 is 6.35. The Balaban J connectivity index is 1.72. The lowest BCUT2D eigenvalue weighted by Crippen LogP contribution is -2.20. The fourth-order valence-electron chi connectivity index (χ4n) is 3.10. The smallest absolute Gasteiger partial charge is 0.165 e. The van der Waals surface area contributed by atoms with Gasteiger partial charge in [0.15, 0.2) is 5.65 Å². The van der Waals surface area contributed by atoms with Crippen molar-refractivity contribution in [3.8, 4) is 11.1 Å². The second-order valence-corrected chi connectivity index (χ2v) is 6.48. The van der Waals surface area contributed by atoms with E-state index in [0.717, 1.165) is 54.3 Å². The predicted octanol–water partition coefficient (Wildman–Crippen LogP) is 3.95. The van der Waals surface area contributed by atoms with Gasteiger partial charge in [-0.15, -0.1) is 0 Å². The number of rotatable bonds is 4. The molecule has 1 atom stereocenters. The van der Waals surface area contributed by atoms with Crippen molar-refractivity contribution in [1.29, 1.82) is 0 Å². The molecule has 124 valence electrons. The molecule has 1 aliphatic rings. The van der Waals surface area contributed by atoms with Crippen LogP contribution in [0.3, 0.4) is 0 Å². The minimum absolute atomic E-state index is 0.270. The molecule has 6 heteroatoms. The zero-order valence-electron chi connectivity index (χ0n) is 13.5. The number of halogens is 1. The van der Waals surface area contributed by atoms with Crippen molar-refractivity contribution >= 4 is 23.1 Å². The summed E-state index contributed by atoms with van der Waals surface area (Å²) in [5, 5.41) is 8.67. The normalized spacial score (nSPS) is 17.5. The van der Waals surface area contributed by atoms with Crippen LogP contribution in [0, 0.1) is 6.92 Å². The van der Waals surface area contributed by atoms with E-state index in [-0.39, 0.29) is 6.10 Å². The van der Waals surface area contributed by atoms with Crippen LogP contribution >= 0.6 is 11.6 Å². The summed E-state index contributed by atoms with van der Waals surface area (Å²) < 4.78 is 7.52. The van der Waals surface area contributed by atoms with Crippen molar-refractivity contribution in [2.45, 2.75) is 25.9 Å². The monoisotopic (exact) mass is 342 g/mol. The van der Waals surface area contributed by atoms with Gasteiger partial charge < -0.3 is 10.1 Å². The first-order valence-corrected chi connectivity index (χ1v) is 8.56. The zero-order chi connectivity index (χ0) is 16.5. The molecule has 5 nitrogen and oxygen atoms in total. The number of aromatic nitrogens is 3. The van der Waals surface area contributed by atoms with Gasteiger partial charge in [0.2, 0.25) is 0 Å². The van der Waals surface area contributed by atoms with Gasteiger partial charge in [0, 0.05) is 41.1 Å². The number of anilines is 1. The standard InChI is InChI=1S/C18H19ClN4O/c1-12-9-17(20-10-13-5-4-8-24-13)23-18(22-12)15(11-21-23)14-6-2-3-7-16(14)19/h2-3,6-7,9,11,13,20H,4-5,8,10H2,1H3/t13-/m0/s1.